The Kier molecular flexibility index (Phi) is 3.42. The molecule has 0 saturated carbocycles. The Labute approximate surface area is 104 Å². The van der Waals surface area contributed by atoms with Crippen molar-refractivity contribution >= 4 is 28.4 Å². The lowest BCUT2D eigenvalue weighted by Crippen LogP contribution is -2.33. The molecule has 1 aromatic carbocycles. The number of nitrogens with two attached hydrogens (primary N) is 2. The molecular formula is C11H14N6O. The Bertz CT molecular complexity index is 570. The van der Waals surface area contributed by atoms with Crippen molar-refractivity contribution in [3.63, 3.8) is 0 Å². The number of hydrogen-bond donors (Lipinski definition) is 4. The number of fused-ring (bicyclic) bond motifs is 1. The second-order valence-corrected chi connectivity index (χ2v) is 3.72. The van der Waals surface area contributed by atoms with Crippen molar-refractivity contribution in [3.05, 3.63) is 24.5 Å². The number of amides is 2. The Morgan fingerprint density at radius 1 is 1.28 bits per heavy atom. The Morgan fingerprint density at radius 3 is 2.89 bits per heavy atom. The topological polar surface area (TPSA) is 119 Å². The molecule has 7 nitrogen and oxygen atoms in total. The first-order chi connectivity index (χ1) is 8.66. The fraction of sp³-hybridized carbons (Fsp3) is 0.182. The maximum atomic E-state index is 10.5. The van der Waals surface area contributed by atoms with Crippen molar-refractivity contribution in [1.29, 1.82) is 0 Å². The number of urea groups is 1. The number of hydrogen-bond acceptors (Lipinski definition) is 5. The summed E-state index contributed by atoms with van der Waals surface area (Å²) in [5, 5.41) is 6.42. The van der Waals surface area contributed by atoms with Crippen molar-refractivity contribution in [1.82, 2.24) is 15.3 Å². The normalized spacial score (nSPS) is 10.2. The third-order valence-electron chi connectivity index (χ3n) is 2.38. The molecule has 1 aromatic heterocycles. The predicted molar refractivity (Wildman–Crippen MR) is 70.0 cm³/mol. The van der Waals surface area contributed by atoms with Crippen LogP contribution in [0.15, 0.2) is 24.5 Å². The minimum atomic E-state index is -0.548. The molecule has 0 aliphatic heterocycles. The number of rotatable bonds is 4. The van der Waals surface area contributed by atoms with E-state index in [-0.39, 0.29) is 0 Å². The highest BCUT2D eigenvalue weighted by molar-refractivity contribution is 5.91. The minimum absolute atomic E-state index is 0.420. The molecule has 7 heteroatoms. The summed E-state index contributed by atoms with van der Waals surface area (Å²) in [7, 11) is 0. The number of aromatic nitrogens is 2. The van der Waals surface area contributed by atoms with Gasteiger partial charge >= 0.3 is 6.03 Å². The van der Waals surface area contributed by atoms with Crippen molar-refractivity contribution < 1.29 is 4.79 Å². The third-order valence-corrected chi connectivity index (χ3v) is 2.38. The molecule has 2 rings (SSSR count). The van der Waals surface area contributed by atoms with Crippen LogP contribution in [0.25, 0.3) is 10.9 Å². The molecule has 0 aliphatic carbocycles. The molecule has 6 N–H and O–H groups in total. The highest BCUT2D eigenvalue weighted by atomic mass is 16.2. The van der Waals surface area contributed by atoms with Crippen molar-refractivity contribution in [2.75, 3.05) is 24.1 Å². The number of primary amides is 1. The second-order valence-electron chi connectivity index (χ2n) is 3.72. The van der Waals surface area contributed by atoms with E-state index in [0.717, 1.165) is 10.9 Å². The van der Waals surface area contributed by atoms with Crippen molar-refractivity contribution in [3.8, 4) is 0 Å². The molecule has 0 spiro atoms. The third kappa shape index (κ3) is 2.76. The summed E-state index contributed by atoms with van der Waals surface area (Å²) in [6.45, 7) is 0.937. The van der Waals surface area contributed by atoms with E-state index in [9.17, 15) is 4.79 Å². The van der Waals surface area contributed by atoms with Crippen LogP contribution in [0.3, 0.4) is 0 Å². The monoisotopic (exact) mass is 246 g/mol. The zero-order chi connectivity index (χ0) is 13.0. The molecule has 0 unspecified atom stereocenters. The maximum absolute atomic E-state index is 10.5. The molecule has 0 bridgehead atoms. The molecule has 2 amide bonds. The molecule has 0 fully saturated rings. The Morgan fingerprint density at radius 2 is 2.11 bits per heavy atom. The molecule has 0 atom stereocenters. The van der Waals surface area contributed by atoms with E-state index in [2.05, 4.69) is 20.6 Å². The van der Waals surface area contributed by atoms with Crippen molar-refractivity contribution in [2.24, 2.45) is 5.73 Å². The lowest BCUT2D eigenvalue weighted by atomic mass is 10.2. The van der Waals surface area contributed by atoms with E-state index in [1.807, 2.05) is 6.07 Å². The first kappa shape index (κ1) is 11.9. The number of carbonyl (C=O) groups excluding carboxylic acids is 1. The standard InChI is InChI=1S/C11H14N6O/c12-7-1-2-9-8(5-7)10(17-6-16-9)14-3-4-15-11(13)18/h1-2,5-6H,3-4,12H2,(H3,13,15,18)(H,14,16,17). The van der Waals surface area contributed by atoms with Crippen LogP contribution in [0.5, 0.6) is 0 Å². The summed E-state index contributed by atoms with van der Waals surface area (Å²) in [5.74, 6) is 0.679. The molecule has 1 heterocycles. The summed E-state index contributed by atoms with van der Waals surface area (Å²) in [6, 6.07) is 4.88. The first-order valence-corrected chi connectivity index (χ1v) is 5.44. The fourth-order valence-corrected chi connectivity index (χ4v) is 1.58. The van der Waals surface area contributed by atoms with Gasteiger partial charge in [-0.3, -0.25) is 0 Å². The van der Waals surface area contributed by atoms with Gasteiger partial charge in [-0.05, 0) is 18.2 Å². The highest BCUT2D eigenvalue weighted by Gasteiger charge is 2.03. The lowest BCUT2D eigenvalue weighted by Gasteiger charge is -2.08. The summed E-state index contributed by atoms with van der Waals surface area (Å²) in [6.07, 6.45) is 1.47. The molecule has 0 saturated heterocycles. The predicted octanol–water partition coefficient (Wildman–Crippen LogP) is 0.292. The van der Waals surface area contributed by atoms with Crippen LogP contribution in [-0.4, -0.2) is 29.1 Å². The minimum Gasteiger partial charge on any atom is -0.399 e. The zero-order valence-electron chi connectivity index (χ0n) is 9.68. The summed E-state index contributed by atoms with van der Waals surface area (Å²) >= 11 is 0. The average Bonchev–Trinajstić information content (AvgIpc) is 2.34. The van der Waals surface area contributed by atoms with Crippen LogP contribution < -0.4 is 22.1 Å². The Hall–Kier alpha value is -2.57. The molecule has 0 aliphatic rings. The van der Waals surface area contributed by atoms with E-state index in [1.54, 1.807) is 12.1 Å². The maximum Gasteiger partial charge on any atom is 0.312 e. The fourth-order valence-electron chi connectivity index (χ4n) is 1.58. The number of nitrogens with zero attached hydrogens (tertiary/aromatic N) is 2. The smallest absolute Gasteiger partial charge is 0.312 e. The van der Waals surface area contributed by atoms with Gasteiger partial charge in [0, 0.05) is 24.2 Å². The first-order valence-electron chi connectivity index (χ1n) is 5.44. The van der Waals surface area contributed by atoms with Gasteiger partial charge in [-0.25, -0.2) is 14.8 Å². The van der Waals surface area contributed by atoms with Gasteiger partial charge in [0.05, 0.1) is 5.52 Å². The van der Waals surface area contributed by atoms with Gasteiger partial charge in [0.25, 0.3) is 0 Å². The lowest BCUT2D eigenvalue weighted by molar-refractivity contribution is 0.249. The summed E-state index contributed by atoms with van der Waals surface area (Å²) < 4.78 is 0. The SMILES string of the molecule is NC(=O)NCCNc1ncnc2ccc(N)cc12. The molecule has 94 valence electrons. The van der Waals surface area contributed by atoms with E-state index in [4.69, 9.17) is 11.5 Å². The van der Waals surface area contributed by atoms with Crippen LogP contribution in [0.2, 0.25) is 0 Å². The van der Waals surface area contributed by atoms with E-state index in [0.29, 0.717) is 24.6 Å². The second kappa shape index (κ2) is 5.17. The van der Waals surface area contributed by atoms with Crippen LogP contribution >= 0.6 is 0 Å². The van der Waals surface area contributed by atoms with Gasteiger partial charge in [0.1, 0.15) is 12.1 Å². The molecule has 2 aromatic rings. The number of nitrogen functional groups attached to an aromatic ring is 1. The van der Waals surface area contributed by atoms with E-state index in [1.165, 1.54) is 6.33 Å². The van der Waals surface area contributed by atoms with Crippen LogP contribution in [0, 0.1) is 0 Å². The van der Waals surface area contributed by atoms with Gasteiger partial charge in [0.2, 0.25) is 0 Å². The zero-order valence-corrected chi connectivity index (χ0v) is 9.68. The molecular weight excluding hydrogens is 232 g/mol. The van der Waals surface area contributed by atoms with Gasteiger partial charge in [-0.1, -0.05) is 0 Å². The Balaban J connectivity index is 2.12. The van der Waals surface area contributed by atoms with E-state index < -0.39 is 6.03 Å². The van der Waals surface area contributed by atoms with Gasteiger partial charge < -0.3 is 22.1 Å². The van der Waals surface area contributed by atoms with Gasteiger partial charge in [0.15, 0.2) is 0 Å². The van der Waals surface area contributed by atoms with Gasteiger partial charge in [-0.15, -0.1) is 0 Å². The average molecular weight is 246 g/mol. The molecule has 18 heavy (non-hydrogen) atoms. The van der Waals surface area contributed by atoms with Crippen LogP contribution in [-0.2, 0) is 0 Å². The van der Waals surface area contributed by atoms with Crippen LogP contribution in [0.4, 0.5) is 16.3 Å². The summed E-state index contributed by atoms with van der Waals surface area (Å²) in [5.41, 5.74) is 12.2. The van der Waals surface area contributed by atoms with Crippen LogP contribution in [0.1, 0.15) is 0 Å². The summed E-state index contributed by atoms with van der Waals surface area (Å²) in [4.78, 5) is 18.8. The number of benzene rings is 1. The molecule has 0 radical (unpaired) electrons. The van der Waals surface area contributed by atoms with E-state index >= 15 is 0 Å². The number of carbonyl (C=O) groups is 1. The number of nitrogens with one attached hydrogen (secondary N) is 2. The van der Waals surface area contributed by atoms with Crippen molar-refractivity contribution in [2.45, 2.75) is 0 Å². The highest BCUT2D eigenvalue weighted by Crippen LogP contribution is 2.21. The number of anilines is 2. The van der Waals surface area contributed by atoms with Gasteiger partial charge in [-0.2, -0.15) is 0 Å². The largest absolute Gasteiger partial charge is 0.399 e. The quantitative estimate of drug-likeness (QED) is 0.456.